The summed E-state index contributed by atoms with van der Waals surface area (Å²) in [6.45, 7) is 5.30. The molecule has 0 atom stereocenters. The third kappa shape index (κ3) is 7.68. The van der Waals surface area contributed by atoms with Crippen LogP contribution in [0, 0.1) is 0 Å². The van der Waals surface area contributed by atoms with Crippen LogP contribution < -0.4 is 0 Å². The molecule has 0 radical (unpaired) electrons. The van der Waals surface area contributed by atoms with E-state index in [1.807, 2.05) is 42.5 Å². The number of carbonyl (C=O) groups is 2. The van der Waals surface area contributed by atoms with Gasteiger partial charge in [0.15, 0.2) is 0 Å². The molecular formula is C28H32ClN3O4. The average molecular weight is 510 g/mol. The van der Waals surface area contributed by atoms with Crippen LogP contribution in [0.4, 0.5) is 0 Å². The van der Waals surface area contributed by atoms with Gasteiger partial charge in [-0.1, -0.05) is 41.9 Å². The summed E-state index contributed by atoms with van der Waals surface area (Å²) in [5.41, 5.74) is 1.53. The van der Waals surface area contributed by atoms with Crippen LogP contribution in [-0.4, -0.2) is 72.5 Å². The molecule has 4 rings (SSSR count). The SMILES string of the molecule is O=C(CN(CCCN1CCOCC1)C(=O)c1ccc(Cl)cc1)N(Cc1ccccc1)Cc1ccco1. The summed E-state index contributed by atoms with van der Waals surface area (Å²) in [6.07, 6.45) is 2.37. The highest BCUT2D eigenvalue weighted by atomic mass is 35.5. The van der Waals surface area contributed by atoms with Gasteiger partial charge in [-0.15, -0.1) is 0 Å². The van der Waals surface area contributed by atoms with Gasteiger partial charge in [0.05, 0.1) is 26.0 Å². The zero-order valence-corrected chi connectivity index (χ0v) is 21.1. The third-order valence-corrected chi connectivity index (χ3v) is 6.46. The maximum Gasteiger partial charge on any atom is 0.254 e. The Morgan fingerprint density at radius 2 is 1.64 bits per heavy atom. The molecule has 190 valence electrons. The van der Waals surface area contributed by atoms with Gasteiger partial charge in [0.1, 0.15) is 12.3 Å². The van der Waals surface area contributed by atoms with Crippen molar-refractivity contribution in [3.05, 3.63) is 94.9 Å². The average Bonchev–Trinajstić information content (AvgIpc) is 3.42. The van der Waals surface area contributed by atoms with Gasteiger partial charge in [0.25, 0.3) is 5.91 Å². The van der Waals surface area contributed by atoms with Crippen LogP contribution in [-0.2, 0) is 22.6 Å². The van der Waals surface area contributed by atoms with Crippen molar-refractivity contribution in [2.45, 2.75) is 19.5 Å². The van der Waals surface area contributed by atoms with E-state index in [9.17, 15) is 9.59 Å². The predicted molar refractivity (Wildman–Crippen MR) is 139 cm³/mol. The van der Waals surface area contributed by atoms with Gasteiger partial charge in [-0.05, 0) is 48.4 Å². The molecule has 2 aromatic carbocycles. The van der Waals surface area contributed by atoms with Crippen molar-refractivity contribution < 1.29 is 18.7 Å². The second kappa shape index (κ2) is 13.3. The molecule has 0 bridgehead atoms. The van der Waals surface area contributed by atoms with Crippen molar-refractivity contribution in [1.82, 2.24) is 14.7 Å². The van der Waals surface area contributed by atoms with E-state index < -0.39 is 0 Å². The van der Waals surface area contributed by atoms with Crippen LogP contribution in [0.25, 0.3) is 0 Å². The van der Waals surface area contributed by atoms with Crippen molar-refractivity contribution in [2.75, 3.05) is 45.9 Å². The topological polar surface area (TPSA) is 66.2 Å². The quantitative estimate of drug-likeness (QED) is 0.385. The molecule has 0 unspecified atom stereocenters. The number of carbonyl (C=O) groups excluding carboxylic acids is 2. The maximum atomic E-state index is 13.6. The number of benzene rings is 2. The van der Waals surface area contributed by atoms with Gasteiger partial charge >= 0.3 is 0 Å². The van der Waals surface area contributed by atoms with Gasteiger partial charge in [-0.25, -0.2) is 0 Å². The first-order valence-electron chi connectivity index (χ1n) is 12.3. The first-order chi connectivity index (χ1) is 17.6. The molecule has 0 saturated carbocycles. The first kappa shape index (κ1) is 25.9. The van der Waals surface area contributed by atoms with E-state index in [4.69, 9.17) is 20.8 Å². The molecule has 1 aliphatic heterocycles. The molecule has 1 saturated heterocycles. The van der Waals surface area contributed by atoms with Gasteiger partial charge in [0, 0.05) is 43.3 Å². The summed E-state index contributed by atoms with van der Waals surface area (Å²) in [5.74, 6) is 0.380. The number of rotatable bonds is 11. The molecule has 2 amide bonds. The van der Waals surface area contributed by atoms with Gasteiger partial charge in [-0.3, -0.25) is 14.5 Å². The zero-order valence-electron chi connectivity index (χ0n) is 20.4. The first-order valence-corrected chi connectivity index (χ1v) is 12.7. The highest BCUT2D eigenvalue weighted by Crippen LogP contribution is 2.15. The molecule has 8 heteroatoms. The maximum absolute atomic E-state index is 13.6. The van der Waals surface area contributed by atoms with Crippen LogP contribution in [0.1, 0.15) is 28.1 Å². The number of hydrogen-bond acceptors (Lipinski definition) is 5. The van der Waals surface area contributed by atoms with Gasteiger partial charge in [-0.2, -0.15) is 0 Å². The molecule has 0 spiro atoms. The Hall–Kier alpha value is -3.13. The molecule has 7 nitrogen and oxygen atoms in total. The highest BCUT2D eigenvalue weighted by molar-refractivity contribution is 6.30. The number of amides is 2. The molecule has 0 N–H and O–H groups in total. The lowest BCUT2D eigenvalue weighted by molar-refractivity contribution is -0.133. The van der Waals surface area contributed by atoms with Crippen LogP contribution in [0.3, 0.4) is 0 Å². The molecule has 1 aliphatic rings. The Kier molecular flexibility index (Phi) is 9.55. The Balaban J connectivity index is 1.47. The molecular weight excluding hydrogens is 478 g/mol. The lowest BCUT2D eigenvalue weighted by atomic mass is 10.1. The number of morpholine rings is 1. The van der Waals surface area contributed by atoms with Crippen LogP contribution in [0.5, 0.6) is 0 Å². The molecule has 1 fully saturated rings. The summed E-state index contributed by atoms with van der Waals surface area (Å²) in [7, 11) is 0. The van der Waals surface area contributed by atoms with E-state index >= 15 is 0 Å². The Labute approximate surface area is 217 Å². The van der Waals surface area contributed by atoms with Crippen molar-refractivity contribution in [2.24, 2.45) is 0 Å². The summed E-state index contributed by atoms with van der Waals surface area (Å²) >= 11 is 6.03. The number of nitrogens with zero attached hydrogens (tertiary/aromatic N) is 3. The van der Waals surface area contributed by atoms with E-state index in [2.05, 4.69) is 4.90 Å². The molecule has 0 aliphatic carbocycles. The lowest BCUT2D eigenvalue weighted by Crippen LogP contribution is -2.44. The summed E-state index contributed by atoms with van der Waals surface area (Å²) in [6, 6.07) is 20.3. The Bertz CT molecular complexity index is 1080. The van der Waals surface area contributed by atoms with Crippen molar-refractivity contribution in [3.8, 4) is 0 Å². The summed E-state index contributed by atoms with van der Waals surface area (Å²) < 4.78 is 10.9. The van der Waals surface area contributed by atoms with Crippen molar-refractivity contribution >= 4 is 23.4 Å². The zero-order chi connectivity index (χ0) is 25.2. The number of ether oxygens (including phenoxy) is 1. The fourth-order valence-corrected chi connectivity index (χ4v) is 4.35. The van der Waals surface area contributed by atoms with Crippen LogP contribution >= 0.6 is 11.6 Å². The molecule has 3 aromatic rings. The number of halogens is 1. The largest absolute Gasteiger partial charge is 0.467 e. The molecule has 1 aromatic heterocycles. The van der Waals surface area contributed by atoms with E-state index in [1.165, 1.54) is 0 Å². The van der Waals surface area contributed by atoms with Gasteiger partial charge in [0.2, 0.25) is 5.91 Å². The van der Waals surface area contributed by atoms with Crippen molar-refractivity contribution in [3.63, 3.8) is 0 Å². The smallest absolute Gasteiger partial charge is 0.254 e. The normalized spacial score (nSPS) is 13.9. The van der Waals surface area contributed by atoms with E-state index in [-0.39, 0.29) is 18.4 Å². The molecule has 2 heterocycles. The van der Waals surface area contributed by atoms with E-state index in [0.717, 1.165) is 44.8 Å². The monoisotopic (exact) mass is 509 g/mol. The van der Waals surface area contributed by atoms with E-state index in [1.54, 1.807) is 40.3 Å². The Morgan fingerprint density at radius 3 is 2.33 bits per heavy atom. The van der Waals surface area contributed by atoms with E-state index in [0.29, 0.717) is 36.0 Å². The summed E-state index contributed by atoms with van der Waals surface area (Å²) in [4.78, 5) is 32.7. The molecule has 36 heavy (non-hydrogen) atoms. The minimum atomic E-state index is -0.181. The number of hydrogen-bond donors (Lipinski definition) is 0. The van der Waals surface area contributed by atoms with Crippen molar-refractivity contribution in [1.29, 1.82) is 0 Å². The lowest BCUT2D eigenvalue weighted by Gasteiger charge is -2.30. The van der Waals surface area contributed by atoms with Crippen LogP contribution in [0.2, 0.25) is 5.02 Å². The minimum Gasteiger partial charge on any atom is -0.467 e. The Morgan fingerprint density at radius 1 is 0.889 bits per heavy atom. The standard InChI is InChI=1S/C28H32ClN3O4/c29-25-11-9-24(10-12-25)28(34)31(14-5-13-30-15-18-35-19-16-30)22-27(33)32(21-26-8-4-17-36-26)20-23-6-2-1-3-7-23/h1-4,6-12,17H,5,13-16,18-22H2. The highest BCUT2D eigenvalue weighted by Gasteiger charge is 2.24. The number of furan rings is 1. The van der Waals surface area contributed by atoms with Crippen LogP contribution in [0.15, 0.2) is 77.4 Å². The predicted octanol–water partition coefficient (Wildman–Crippen LogP) is 4.33. The third-order valence-electron chi connectivity index (χ3n) is 6.21. The fourth-order valence-electron chi connectivity index (χ4n) is 4.23. The van der Waals surface area contributed by atoms with Gasteiger partial charge < -0.3 is 19.0 Å². The minimum absolute atomic E-state index is 0.0158. The second-order valence-corrected chi connectivity index (χ2v) is 9.29. The second-order valence-electron chi connectivity index (χ2n) is 8.86. The fraction of sp³-hybridized carbons (Fsp3) is 0.357. The summed E-state index contributed by atoms with van der Waals surface area (Å²) in [5, 5.41) is 0.564.